The Bertz CT molecular complexity index is 1070. The molecule has 0 bridgehead atoms. The van der Waals surface area contributed by atoms with Crippen molar-refractivity contribution in [1.82, 2.24) is 0 Å². The van der Waals surface area contributed by atoms with Gasteiger partial charge in [-0.2, -0.15) is 0 Å². The molecule has 3 aliphatic carbocycles. The second kappa shape index (κ2) is 9.56. The van der Waals surface area contributed by atoms with Gasteiger partial charge in [0.25, 0.3) is 0 Å². The molecular formula is C34H52Hf. The first-order chi connectivity index (χ1) is 16.3. The summed E-state index contributed by atoms with van der Waals surface area (Å²) in [7, 11) is 0. The monoisotopic (exact) mass is 640 g/mol. The van der Waals surface area contributed by atoms with E-state index in [9.17, 15) is 0 Å². The number of unbranched alkanes of at least 4 members (excludes halogenated alkanes) is 5. The van der Waals surface area contributed by atoms with Crippen LogP contribution in [0.5, 0.6) is 0 Å². The molecule has 1 atom stereocenters. The van der Waals surface area contributed by atoms with Crippen molar-refractivity contribution in [3.8, 4) is 0 Å². The molecule has 1 unspecified atom stereocenters. The minimum atomic E-state index is -3.11. The molecule has 0 saturated heterocycles. The molecule has 0 aromatic heterocycles. The van der Waals surface area contributed by atoms with E-state index in [1.165, 1.54) is 57.8 Å². The van der Waals surface area contributed by atoms with E-state index < -0.39 is 20.0 Å². The van der Waals surface area contributed by atoms with Gasteiger partial charge in [0.05, 0.1) is 0 Å². The Morgan fingerprint density at radius 1 is 0.771 bits per heavy atom. The van der Waals surface area contributed by atoms with E-state index >= 15 is 0 Å². The van der Waals surface area contributed by atoms with E-state index in [0.717, 1.165) is 0 Å². The number of fused-ring (bicyclic) bond motifs is 2. The average Bonchev–Trinajstić information content (AvgIpc) is 3.36. The van der Waals surface area contributed by atoms with Gasteiger partial charge in [-0.15, -0.1) is 0 Å². The van der Waals surface area contributed by atoms with Crippen molar-refractivity contribution in [2.24, 2.45) is 5.41 Å². The third-order valence-electron chi connectivity index (χ3n) is 11.2. The zero-order valence-corrected chi connectivity index (χ0v) is 28.3. The van der Waals surface area contributed by atoms with E-state index in [0.29, 0.717) is 5.41 Å². The van der Waals surface area contributed by atoms with Crippen LogP contribution in [0.1, 0.15) is 123 Å². The van der Waals surface area contributed by atoms with E-state index in [2.05, 4.69) is 89.0 Å². The molecule has 0 fully saturated rings. The van der Waals surface area contributed by atoms with Gasteiger partial charge in [-0.1, -0.05) is 0 Å². The van der Waals surface area contributed by atoms with Crippen LogP contribution in [0.25, 0.3) is 6.08 Å². The Morgan fingerprint density at radius 3 is 1.91 bits per heavy atom. The summed E-state index contributed by atoms with van der Waals surface area (Å²) in [6, 6.07) is 5.32. The molecule has 1 heteroatoms. The third-order valence-corrected chi connectivity index (χ3v) is 33.4. The van der Waals surface area contributed by atoms with Crippen LogP contribution in [0.2, 0.25) is 12.5 Å². The Balaban J connectivity index is 1.80. The summed E-state index contributed by atoms with van der Waals surface area (Å²) in [5, 5.41) is 0. The zero-order chi connectivity index (χ0) is 25.8. The van der Waals surface area contributed by atoms with Gasteiger partial charge in [0.2, 0.25) is 0 Å². The fraction of sp³-hybridized carbons (Fsp3) is 0.647. The molecule has 0 aliphatic heterocycles. The van der Waals surface area contributed by atoms with Crippen LogP contribution in [0.4, 0.5) is 0 Å². The van der Waals surface area contributed by atoms with E-state index in [4.69, 9.17) is 0 Å². The number of hydrogen-bond donors (Lipinski definition) is 0. The van der Waals surface area contributed by atoms with E-state index in [-0.39, 0.29) is 6.34 Å². The summed E-state index contributed by atoms with van der Waals surface area (Å²) in [5.41, 5.74) is 13.5. The van der Waals surface area contributed by atoms with Crippen molar-refractivity contribution in [1.29, 1.82) is 0 Å². The molecule has 1 aromatic carbocycles. The SMILES string of the molecule is CCCCCCCC[C]1([Hf]([CH3])([CH3])[C]2(C)C(C)=C(C)C(C)=C2C)C=Cc2cc3c(cc21)CC(C)(C)C3. The van der Waals surface area contributed by atoms with Crippen molar-refractivity contribution in [3.63, 3.8) is 0 Å². The Labute approximate surface area is 222 Å². The summed E-state index contributed by atoms with van der Waals surface area (Å²) >= 11 is -3.11. The normalized spacial score (nSPS) is 24.5. The summed E-state index contributed by atoms with van der Waals surface area (Å²) in [6.45, 7) is 19.6. The molecule has 35 heavy (non-hydrogen) atoms. The third kappa shape index (κ3) is 4.19. The van der Waals surface area contributed by atoms with Gasteiger partial charge in [-0.25, -0.2) is 0 Å². The molecule has 192 valence electrons. The molecule has 0 nitrogen and oxygen atoms in total. The zero-order valence-electron chi connectivity index (χ0n) is 24.7. The van der Waals surface area contributed by atoms with Crippen LogP contribution < -0.4 is 0 Å². The van der Waals surface area contributed by atoms with Crippen molar-refractivity contribution in [3.05, 3.63) is 62.8 Å². The van der Waals surface area contributed by atoms with Gasteiger partial charge in [0, 0.05) is 0 Å². The molecule has 1 aromatic rings. The van der Waals surface area contributed by atoms with Crippen LogP contribution in [0.15, 0.2) is 40.5 Å². The van der Waals surface area contributed by atoms with Gasteiger partial charge >= 0.3 is 223 Å². The first kappa shape index (κ1) is 27.3. The van der Waals surface area contributed by atoms with Gasteiger partial charge < -0.3 is 0 Å². The van der Waals surface area contributed by atoms with Crippen molar-refractivity contribution in [2.75, 3.05) is 0 Å². The van der Waals surface area contributed by atoms with Crippen LogP contribution in [-0.4, -0.2) is 0 Å². The predicted octanol–water partition coefficient (Wildman–Crippen LogP) is 10.9. The van der Waals surface area contributed by atoms with Gasteiger partial charge in [-0.3, -0.25) is 0 Å². The average molecular weight is 639 g/mol. The van der Waals surface area contributed by atoms with Crippen molar-refractivity contribution in [2.45, 2.75) is 129 Å². The number of allylic oxidation sites excluding steroid dienone is 5. The molecule has 4 rings (SSSR count). The molecular weight excluding hydrogens is 587 g/mol. The quantitative estimate of drug-likeness (QED) is 0.186. The molecule has 0 spiro atoms. The first-order valence-corrected chi connectivity index (χ1v) is 25.3. The summed E-state index contributed by atoms with van der Waals surface area (Å²) in [6.07, 6.45) is 17.4. The molecule has 3 aliphatic rings. The maximum absolute atomic E-state index is 3.11. The van der Waals surface area contributed by atoms with Gasteiger partial charge in [0.15, 0.2) is 0 Å². The molecule has 0 radical (unpaired) electrons. The van der Waals surface area contributed by atoms with E-state index in [1.807, 2.05) is 0 Å². The fourth-order valence-electron chi connectivity index (χ4n) is 8.21. The standard InChI is InChI=1S/C22H31.C10H15.2CH3.Hf/c1-4-5-6-7-8-9-10-17-11-12-18-13-19-15-22(2,3)16-20(19)14-21(17)18;1-6-7(2)9(4)10(5)8(6)3;;;/h11-14H,4-10,15-16H2,1-3H3;1-5H3;2*1H3;. The molecule has 0 saturated carbocycles. The minimum absolute atomic E-state index is 0.285. The Morgan fingerprint density at radius 2 is 1.31 bits per heavy atom. The number of rotatable bonds is 9. The molecule has 0 amide bonds. The van der Waals surface area contributed by atoms with Crippen LogP contribution in [-0.2, 0) is 36.0 Å². The molecule has 0 heterocycles. The first-order valence-electron chi connectivity index (χ1n) is 14.5. The number of benzene rings is 1. The summed E-state index contributed by atoms with van der Waals surface area (Å²) in [4.78, 5) is 0. The van der Waals surface area contributed by atoms with Gasteiger partial charge in [0.1, 0.15) is 0 Å². The van der Waals surface area contributed by atoms with Crippen LogP contribution in [0, 0.1) is 5.41 Å². The summed E-state index contributed by atoms with van der Waals surface area (Å²) < 4.78 is 6.21. The second-order valence-electron chi connectivity index (χ2n) is 13.8. The predicted molar refractivity (Wildman–Crippen MR) is 153 cm³/mol. The number of hydrogen-bond acceptors (Lipinski definition) is 0. The van der Waals surface area contributed by atoms with Crippen molar-refractivity contribution < 1.29 is 20.0 Å². The summed E-state index contributed by atoms with van der Waals surface area (Å²) in [5.74, 6) is 0. The fourth-order valence-corrected chi connectivity index (χ4v) is 27.4. The van der Waals surface area contributed by atoms with Gasteiger partial charge in [-0.05, 0) is 0 Å². The maximum atomic E-state index is 2.82. The Hall–Kier alpha value is -0.690. The Kier molecular flexibility index (Phi) is 7.47. The topological polar surface area (TPSA) is 0 Å². The van der Waals surface area contributed by atoms with E-state index in [1.54, 1.807) is 44.5 Å². The second-order valence-corrected chi connectivity index (χ2v) is 32.3. The van der Waals surface area contributed by atoms with Crippen LogP contribution >= 0.6 is 0 Å². The molecule has 0 N–H and O–H groups in total. The van der Waals surface area contributed by atoms with Crippen LogP contribution in [0.3, 0.4) is 0 Å². The van der Waals surface area contributed by atoms with Crippen molar-refractivity contribution >= 4 is 6.08 Å².